The molecule has 0 bridgehead atoms. The molecule has 4 aromatic rings. The van der Waals surface area contributed by atoms with Crippen molar-refractivity contribution >= 4 is 44.9 Å². The van der Waals surface area contributed by atoms with Gasteiger partial charge in [-0.25, -0.2) is 9.97 Å². The lowest BCUT2D eigenvalue weighted by Crippen LogP contribution is -2.13. The number of aryl methyl sites for hydroxylation is 2. The maximum absolute atomic E-state index is 13.0. The number of carbonyl (C=O) groups excluding carboxylic acids is 1. The number of amides is 1. The number of thiophene rings is 1. The Morgan fingerprint density at radius 1 is 1.13 bits per heavy atom. The maximum atomic E-state index is 13.0. The van der Waals surface area contributed by atoms with Crippen molar-refractivity contribution < 1.29 is 4.79 Å². The summed E-state index contributed by atoms with van der Waals surface area (Å²) in [5, 5.41) is 5.02. The Bertz CT molecular complexity index is 1320. The number of carbonyl (C=O) groups is 1. The third-order valence-corrected chi connectivity index (χ3v) is 7.37. The lowest BCUT2D eigenvalue weighted by molar-refractivity contribution is 0.102. The second-order valence-corrected chi connectivity index (χ2v) is 9.11. The minimum Gasteiger partial charge on any atom is -0.322 e. The highest BCUT2D eigenvalue weighted by molar-refractivity contribution is 7.99. The van der Waals surface area contributed by atoms with E-state index >= 15 is 0 Å². The number of aromatic nitrogens is 2. The fraction of sp³-hybridized carbons (Fsp3) is 0.125. The molecule has 2 aromatic heterocycles. The van der Waals surface area contributed by atoms with Crippen molar-refractivity contribution in [3.05, 3.63) is 76.4 Å². The summed E-state index contributed by atoms with van der Waals surface area (Å²) in [4.78, 5) is 25.4. The van der Waals surface area contributed by atoms with Gasteiger partial charge in [0, 0.05) is 26.4 Å². The van der Waals surface area contributed by atoms with E-state index in [9.17, 15) is 4.79 Å². The third-order valence-electron chi connectivity index (χ3n) is 5.09. The van der Waals surface area contributed by atoms with Gasteiger partial charge in [0.1, 0.15) is 16.2 Å². The molecule has 0 spiro atoms. The van der Waals surface area contributed by atoms with Crippen molar-refractivity contribution in [2.45, 2.75) is 29.2 Å². The summed E-state index contributed by atoms with van der Waals surface area (Å²) in [5.74, 6) is 2.42. The molecule has 0 unspecified atom stereocenters. The molecule has 30 heavy (non-hydrogen) atoms. The quantitative estimate of drug-likeness (QED) is 0.342. The number of anilines is 1. The minimum atomic E-state index is -0.173. The average Bonchev–Trinajstić information content (AvgIpc) is 3.36. The molecule has 1 N–H and O–H groups in total. The third kappa shape index (κ3) is 3.47. The molecule has 1 aliphatic carbocycles. The van der Waals surface area contributed by atoms with Gasteiger partial charge in [0.25, 0.3) is 5.91 Å². The summed E-state index contributed by atoms with van der Waals surface area (Å²) >= 11 is 3.29. The number of nitrogens with zero attached hydrogens (tertiary/aromatic N) is 2. The summed E-state index contributed by atoms with van der Waals surface area (Å²) in [6, 6.07) is 14.9. The first-order chi connectivity index (χ1) is 14.7. The monoisotopic (exact) mass is 427 g/mol. The van der Waals surface area contributed by atoms with E-state index in [1.54, 1.807) is 23.7 Å². The molecule has 0 saturated heterocycles. The van der Waals surface area contributed by atoms with Crippen LogP contribution in [-0.4, -0.2) is 15.9 Å². The van der Waals surface area contributed by atoms with Crippen LogP contribution in [0.4, 0.5) is 5.69 Å². The molecule has 146 valence electrons. The fourth-order valence-corrected chi connectivity index (χ4v) is 6.05. The summed E-state index contributed by atoms with van der Waals surface area (Å²) in [6.07, 6.45) is 10.5. The second-order valence-electron chi connectivity index (χ2n) is 6.99. The molecule has 0 radical (unpaired) electrons. The Kier molecular flexibility index (Phi) is 4.99. The molecule has 4 nitrogen and oxygen atoms in total. The zero-order valence-corrected chi connectivity index (χ0v) is 17.6. The minimum absolute atomic E-state index is 0.173. The molecule has 0 atom stereocenters. The Morgan fingerprint density at radius 2 is 2.03 bits per heavy atom. The molecule has 1 aliphatic rings. The number of hydrogen-bond donors (Lipinski definition) is 1. The van der Waals surface area contributed by atoms with Crippen molar-refractivity contribution in [3.8, 4) is 12.3 Å². The topological polar surface area (TPSA) is 54.9 Å². The van der Waals surface area contributed by atoms with Gasteiger partial charge in [-0.2, -0.15) is 0 Å². The highest BCUT2D eigenvalue weighted by Gasteiger charge is 2.22. The Labute approximate surface area is 182 Å². The van der Waals surface area contributed by atoms with E-state index in [0.29, 0.717) is 11.3 Å². The van der Waals surface area contributed by atoms with Gasteiger partial charge in [-0.05, 0) is 55.2 Å². The lowest BCUT2D eigenvalue weighted by Gasteiger charge is -2.11. The number of benzene rings is 2. The Hall–Kier alpha value is -3.14. The van der Waals surface area contributed by atoms with Gasteiger partial charge >= 0.3 is 0 Å². The van der Waals surface area contributed by atoms with Crippen LogP contribution in [0.2, 0.25) is 0 Å². The standard InChI is InChI=1S/C24H17N3OS2/c1-2-15-7-5-8-16(13-15)27-22(28)18-9-3-4-11-20(18)30-24-21-17-10-6-12-19(17)29-23(21)25-14-26-24/h1,3-5,7-9,11,13-14H,6,10,12H2,(H,27,28). The Balaban J connectivity index is 1.48. The van der Waals surface area contributed by atoms with Gasteiger partial charge in [0.05, 0.1) is 5.56 Å². The molecule has 6 heteroatoms. The van der Waals surface area contributed by atoms with Crippen LogP contribution in [0.5, 0.6) is 0 Å². The number of fused-ring (bicyclic) bond motifs is 3. The summed E-state index contributed by atoms with van der Waals surface area (Å²) in [7, 11) is 0. The van der Waals surface area contributed by atoms with Gasteiger partial charge in [0.2, 0.25) is 0 Å². The molecular weight excluding hydrogens is 410 g/mol. The van der Waals surface area contributed by atoms with Gasteiger partial charge in [-0.1, -0.05) is 35.9 Å². The van der Waals surface area contributed by atoms with Gasteiger partial charge in [-0.3, -0.25) is 4.79 Å². The zero-order valence-electron chi connectivity index (χ0n) is 16.0. The van der Waals surface area contributed by atoms with Crippen molar-refractivity contribution in [2.24, 2.45) is 0 Å². The normalized spacial score (nSPS) is 12.5. The fourth-order valence-electron chi connectivity index (χ4n) is 3.71. The van der Waals surface area contributed by atoms with E-state index in [1.807, 2.05) is 42.5 Å². The summed E-state index contributed by atoms with van der Waals surface area (Å²) < 4.78 is 0. The van der Waals surface area contributed by atoms with Crippen molar-refractivity contribution in [2.75, 3.05) is 5.32 Å². The Morgan fingerprint density at radius 3 is 2.93 bits per heavy atom. The molecule has 2 heterocycles. The van der Waals surface area contributed by atoms with E-state index in [0.717, 1.165) is 38.5 Å². The molecule has 5 rings (SSSR count). The summed E-state index contributed by atoms with van der Waals surface area (Å²) in [6.45, 7) is 0. The number of terminal acetylenes is 1. The maximum Gasteiger partial charge on any atom is 0.256 e. The van der Waals surface area contributed by atoms with E-state index in [1.165, 1.54) is 28.6 Å². The lowest BCUT2D eigenvalue weighted by atomic mass is 10.2. The van der Waals surface area contributed by atoms with Crippen molar-refractivity contribution in [3.63, 3.8) is 0 Å². The number of nitrogens with one attached hydrogen (secondary N) is 1. The van der Waals surface area contributed by atoms with Gasteiger partial charge in [-0.15, -0.1) is 17.8 Å². The van der Waals surface area contributed by atoms with Crippen LogP contribution in [0.1, 0.15) is 32.8 Å². The number of rotatable bonds is 4. The molecule has 1 amide bonds. The molecule has 2 aromatic carbocycles. The average molecular weight is 428 g/mol. The van der Waals surface area contributed by atoms with Crippen LogP contribution in [0.15, 0.2) is 64.8 Å². The van der Waals surface area contributed by atoms with Gasteiger partial charge in [0.15, 0.2) is 0 Å². The van der Waals surface area contributed by atoms with E-state index in [-0.39, 0.29) is 5.91 Å². The highest BCUT2D eigenvalue weighted by Crippen LogP contribution is 2.42. The predicted octanol–water partition coefficient (Wildman–Crippen LogP) is 5.56. The van der Waals surface area contributed by atoms with Gasteiger partial charge < -0.3 is 5.32 Å². The van der Waals surface area contributed by atoms with E-state index in [2.05, 4.69) is 21.2 Å². The summed E-state index contributed by atoms with van der Waals surface area (Å²) in [5.41, 5.74) is 3.39. The zero-order chi connectivity index (χ0) is 20.5. The molecule has 0 saturated carbocycles. The predicted molar refractivity (Wildman–Crippen MR) is 122 cm³/mol. The largest absolute Gasteiger partial charge is 0.322 e. The molecule has 0 fully saturated rings. The van der Waals surface area contributed by atoms with E-state index < -0.39 is 0 Å². The van der Waals surface area contributed by atoms with Crippen LogP contribution < -0.4 is 5.32 Å². The van der Waals surface area contributed by atoms with Crippen LogP contribution >= 0.6 is 23.1 Å². The first-order valence-electron chi connectivity index (χ1n) is 9.63. The molecule has 0 aliphatic heterocycles. The number of hydrogen-bond acceptors (Lipinski definition) is 5. The van der Waals surface area contributed by atoms with Crippen LogP contribution in [0.3, 0.4) is 0 Å². The SMILES string of the molecule is C#Cc1cccc(NC(=O)c2ccccc2Sc2ncnc3sc4c(c23)CCC4)c1. The van der Waals surface area contributed by atoms with Crippen molar-refractivity contribution in [1.29, 1.82) is 0 Å². The van der Waals surface area contributed by atoms with Crippen LogP contribution in [0, 0.1) is 12.3 Å². The first-order valence-corrected chi connectivity index (χ1v) is 11.3. The van der Waals surface area contributed by atoms with E-state index in [4.69, 9.17) is 6.42 Å². The van der Waals surface area contributed by atoms with Crippen LogP contribution in [0.25, 0.3) is 10.2 Å². The molecular formula is C24H17N3OS2. The smallest absolute Gasteiger partial charge is 0.256 e. The first kappa shape index (κ1) is 18.9. The van der Waals surface area contributed by atoms with Crippen molar-refractivity contribution in [1.82, 2.24) is 9.97 Å². The van der Waals surface area contributed by atoms with Crippen LogP contribution in [-0.2, 0) is 12.8 Å². The highest BCUT2D eigenvalue weighted by atomic mass is 32.2. The second kappa shape index (κ2) is 7.94.